The minimum atomic E-state index is -0.111. The van der Waals surface area contributed by atoms with Crippen molar-refractivity contribution in [3.05, 3.63) is 99.3 Å². The lowest BCUT2D eigenvalue weighted by Crippen LogP contribution is -2.25. The highest BCUT2D eigenvalue weighted by atomic mass is 79.9. The van der Waals surface area contributed by atoms with Gasteiger partial charge in [-0.3, -0.25) is 4.79 Å². The third-order valence-corrected chi connectivity index (χ3v) is 5.42. The van der Waals surface area contributed by atoms with E-state index in [1.807, 2.05) is 54.6 Å². The maximum atomic E-state index is 12.3. The zero-order valence-electron chi connectivity index (χ0n) is 14.5. The molecule has 0 unspecified atom stereocenters. The second-order valence-corrected chi connectivity index (χ2v) is 7.69. The fourth-order valence-corrected chi connectivity index (χ4v) is 3.69. The van der Waals surface area contributed by atoms with Gasteiger partial charge in [-0.25, -0.2) is 0 Å². The van der Waals surface area contributed by atoms with Gasteiger partial charge >= 0.3 is 0 Å². The lowest BCUT2D eigenvalue weighted by Gasteiger charge is -2.09. The molecule has 1 amide bonds. The minimum absolute atomic E-state index is 0.111. The van der Waals surface area contributed by atoms with Gasteiger partial charge in [0.2, 0.25) is 0 Å². The molecule has 0 heterocycles. The van der Waals surface area contributed by atoms with Crippen molar-refractivity contribution in [1.82, 2.24) is 5.32 Å². The van der Waals surface area contributed by atoms with E-state index >= 15 is 0 Å². The first-order valence-corrected chi connectivity index (χ1v) is 10.0. The molecule has 0 atom stereocenters. The molecule has 1 N–H and O–H groups in total. The van der Waals surface area contributed by atoms with E-state index in [2.05, 4.69) is 44.1 Å². The Morgan fingerprint density at radius 1 is 0.926 bits per heavy atom. The Morgan fingerprint density at radius 2 is 1.52 bits per heavy atom. The van der Waals surface area contributed by atoms with Crippen LogP contribution in [0.15, 0.2) is 75.7 Å². The molecule has 3 aromatic rings. The predicted molar refractivity (Wildman–Crippen MR) is 115 cm³/mol. The zero-order valence-corrected chi connectivity index (χ0v) is 17.7. The molecule has 0 fully saturated rings. The van der Waals surface area contributed by atoms with Gasteiger partial charge in [-0.05, 0) is 60.9 Å². The molecule has 27 heavy (non-hydrogen) atoms. The molecule has 0 spiro atoms. The van der Waals surface area contributed by atoms with Crippen molar-refractivity contribution in [1.29, 1.82) is 0 Å². The number of carbonyl (C=O) groups is 1. The van der Waals surface area contributed by atoms with Gasteiger partial charge in [0.25, 0.3) is 5.91 Å². The van der Waals surface area contributed by atoms with E-state index in [0.29, 0.717) is 12.1 Å². The van der Waals surface area contributed by atoms with E-state index in [9.17, 15) is 4.79 Å². The number of para-hydroxylation sites is 1. The number of carbonyl (C=O) groups excluding carboxylic acids is 1. The fraction of sp³-hybridized carbons (Fsp3) is 0.0909. The number of nitrogens with one attached hydrogen (secondary N) is 1. The van der Waals surface area contributed by atoms with Crippen molar-refractivity contribution >= 4 is 37.8 Å². The standard InChI is InChI=1S/C22H18Br2NO2/c1-15-20(23)13-17(14-21(15)24)22(26)25-12-11-16-7-9-19(10-8-16)27-18-5-3-2-4-6-18/h2-10,13-14H,1,11-12H2,(H,25,26). The van der Waals surface area contributed by atoms with Gasteiger partial charge in [-0.2, -0.15) is 0 Å². The molecule has 3 rings (SSSR count). The molecular weight excluding hydrogens is 470 g/mol. The first-order valence-electron chi connectivity index (χ1n) is 8.44. The van der Waals surface area contributed by atoms with Gasteiger partial charge in [-0.15, -0.1) is 0 Å². The number of ether oxygens (including phenoxy) is 1. The Hall–Kier alpha value is -2.11. The van der Waals surface area contributed by atoms with Gasteiger partial charge in [0, 0.05) is 21.1 Å². The average Bonchev–Trinajstić information content (AvgIpc) is 2.68. The molecule has 3 nitrogen and oxygen atoms in total. The third-order valence-electron chi connectivity index (χ3n) is 4.00. The summed E-state index contributed by atoms with van der Waals surface area (Å²) in [7, 11) is 0. The van der Waals surface area contributed by atoms with Crippen molar-refractivity contribution in [2.75, 3.05) is 6.54 Å². The van der Waals surface area contributed by atoms with Gasteiger partial charge in [0.1, 0.15) is 11.5 Å². The molecule has 137 valence electrons. The van der Waals surface area contributed by atoms with Crippen molar-refractivity contribution < 1.29 is 9.53 Å². The van der Waals surface area contributed by atoms with Crippen molar-refractivity contribution in [3.63, 3.8) is 0 Å². The van der Waals surface area contributed by atoms with Crippen molar-refractivity contribution in [3.8, 4) is 11.5 Å². The van der Waals surface area contributed by atoms with E-state index in [-0.39, 0.29) is 5.91 Å². The predicted octanol–water partition coefficient (Wildman–Crippen LogP) is 6.16. The molecule has 0 saturated heterocycles. The van der Waals surface area contributed by atoms with Gasteiger partial charge in [-0.1, -0.05) is 62.2 Å². The molecule has 0 bridgehead atoms. The Kier molecular flexibility index (Phi) is 6.69. The van der Waals surface area contributed by atoms with Crippen LogP contribution in [0.3, 0.4) is 0 Å². The average molecular weight is 488 g/mol. The van der Waals surface area contributed by atoms with E-state index in [4.69, 9.17) is 4.74 Å². The van der Waals surface area contributed by atoms with E-state index in [1.165, 1.54) is 0 Å². The minimum Gasteiger partial charge on any atom is -0.457 e. The lowest BCUT2D eigenvalue weighted by molar-refractivity contribution is 0.0954. The van der Waals surface area contributed by atoms with Crippen LogP contribution in [0.5, 0.6) is 11.5 Å². The van der Waals surface area contributed by atoms with Crippen LogP contribution in [0.2, 0.25) is 0 Å². The molecule has 3 aromatic carbocycles. The normalized spacial score (nSPS) is 10.5. The Bertz CT molecular complexity index is 902. The number of amides is 1. The zero-order chi connectivity index (χ0) is 19.2. The number of benzene rings is 3. The Morgan fingerprint density at radius 3 is 2.15 bits per heavy atom. The fourth-order valence-electron chi connectivity index (χ4n) is 2.51. The monoisotopic (exact) mass is 486 g/mol. The summed E-state index contributed by atoms with van der Waals surface area (Å²) < 4.78 is 7.39. The molecule has 0 aliphatic carbocycles. The maximum absolute atomic E-state index is 12.3. The van der Waals surface area contributed by atoms with E-state index in [0.717, 1.165) is 38.0 Å². The molecule has 1 radical (unpaired) electrons. The topological polar surface area (TPSA) is 38.3 Å². The Balaban J connectivity index is 1.52. The number of halogens is 2. The summed E-state index contributed by atoms with van der Waals surface area (Å²) in [5.74, 6) is 1.49. The van der Waals surface area contributed by atoms with Gasteiger partial charge in [0.15, 0.2) is 0 Å². The molecule has 0 aliphatic rings. The second-order valence-electron chi connectivity index (χ2n) is 5.98. The maximum Gasteiger partial charge on any atom is 0.251 e. The summed E-state index contributed by atoms with van der Waals surface area (Å²) in [6.07, 6.45) is 0.743. The van der Waals surface area contributed by atoms with Crippen molar-refractivity contribution in [2.24, 2.45) is 0 Å². The Labute approximate surface area is 176 Å². The van der Waals surface area contributed by atoms with Crippen molar-refractivity contribution in [2.45, 2.75) is 6.42 Å². The third kappa shape index (κ3) is 5.44. The quantitative estimate of drug-likeness (QED) is 0.452. The van der Waals surface area contributed by atoms with E-state index in [1.54, 1.807) is 12.1 Å². The van der Waals surface area contributed by atoms with Crippen LogP contribution in [0.25, 0.3) is 0 Å². The van der Waals surface area contributed by atoms with Gasteiger partial charge in [0.05, 0.1) is 0 Å². The SMILES string of the molecule is [CH2]c1c(Br)cc(C(=O)NCCc2ccc(Oc3ccccc3)cc2)cc1Br. The summed E-state index contributed by atoms with van der Waals surface area (Å²) in [6, 6.07) is 21.1. The summed E-state index contributed by atoms with van der Waals surface area (Å²) in [4.78, 5) is 12.3. The highest BCUT2D eigenvalue weighted by Gasteiger charge is 2.10. The number of rotatable bonds is 6. The molecule has 5 heteroatoms. The first kappa shape index (κ1) is 19.6. The summed E-state index contributed by atoms with van der Waals surface area (Å²) in [5, 5.41) is 2.94. The molecule has 0 aliphatic heterocycles. The van der Waals surface area contributed by atoms with Crippen LogP contribution in [0.1, 0.15) is 21.5 Å². The highest BCUT2D eigenvalue weighted by Crippen LogP contribution is 2.26. The molecule has 0 aromatic heterocycles. The number of hydrogen-bond acceptors (Lipinski definition) is 2. The molecular formula is C22H18Br2NO2. The van der Waals surface area contributed by atoms with Crippen LogP contribution in [-0.4, -0.2) is 12.5 Å². The van der Waals surface area contributed by atoms with Crippen LogP contribution in [-0.2, 0) is 6.42 Å². The molecule has 0 saturated carbocycles. The van der Waals surface area contributed by atoms with Gasteiger partial charge < -0.3 is 10.1 Å². The first-order chi connectivity index (χ1) is 13.0. The number of hydrogen-bond donors (Lipinski definition) is 1. The summed E-state index contributed by atoms with van der Waals surface area (Å²) in [5.41, 5.74) is 2.54. The van der Waals surface area contributed by atoms with E-state index < -0.39 is 0 Å². The van der Waals surface area contributed by atoms with Crippen LogP contribution in [0, 0.1) is 6.92 Å². The smallest absolute Gasteiger partial charge is 0.251 e. The van der Waals surface area contributed by atoms with Crippen LogP contribution in [0.4, 0.5) is 0 Å². The lowest BCUT2D eigenvalue weighted by atomic mass is 10.1. The summed E-state index contributed by atoms with van der Waals surface area (Å²) >= 11 is 6.83. The highest BCUT2D eigenvalue weighted by molar-refractivity contribution is 9.11. The second kappa shape index (κ2) is 9.20. The van der Waals surface area contributed by atoms with Crippen LogP contribution >= 0.6 is 31.9 Å². The summed E-state index contributed by atoms with van der Waals surface area (Å²) in [6.45, 7) is 4.47. The van der Waals surface area contributed by atoms with Crippen LogP contribution < -0.4 is 10.1 Å². The largest absolute Gasteiger partial charge is 0.457 e.